The van der Waals surface area contributed by atoms with Gasteiger partial charge >= 0.3 is 0 Å². The highest BCUT2D eigenvalue weighted by molar-refractivity contribution is 5.32. The second-order valence-corrected chi connectivity index (χ2v) is 4.59. The normalized spacial score (nSPS) is 12.1. The summed E-state index contributed by atoms with van der Waals surface area (Å²) in [6.07, 6.45) is 5.11. The molecule has 0 saturated carbocycles. The molecule has 0 radical (unpaired) electrons. The molecule has 0 amide bonds. The summed E-state index contributed by atoms with van der Waals surface area (Å²) in [6, 6.07) is 10.5. The highest BCUT2D eigenvalue weighted by atomic mass is 14.9. The Balaban J connectivity index is 2.32. The van der Waals surface area contributed by atoms with E-state index in [1.807, 2.05) is 18.2 Å². The molecule has 0 aliphatic carbocycles. The molecule has 1 N–H and O–H groups in total. The number of unbranched alkanes of at least 4 members (excludes halogenated alkanes) is 2. The number of benzene rings is 1. The van der Waals surface area contributed by atoms with Crippen molar-refractivity contribution in [3.63, 3.8) is 0 Å². The van der Waals surface area contributed by atoms with E-state index in [2.05, 4.69) is 31.3 Å². The Hall–Kier alpha value is -1.33. The lowest BCUT2D eigenvalue weighted by molar-refractivity contribution is 0.487. The van der Waals surface area contributed by atoms with Crippen molar-refractivity contribution in [2.45, 2.75) is 52.1 Å². The van der Waals surface area contributed by atoms with Crippen LogP contribution in [0.2, 0.25) is 0 Å². The molecule has 1 atom stereocenters. The third kappa shape index (κ3) is 5.51. The number of hydrogen-bond donors (Lipinski definition) is 1. The maximum atomic E-state index is 8.81. The number of nitrogens with zero attached hydrogens (tertiary/aromatic N) is 1. The zero-order valence-corrected chi connectivity index (χ0v) is 10.9. The van der Waals surface area contributed by atoms with E-state index in [0.717, 1.165) is 12.1 Å². The maximum Gasteiger partial charge on any atom is 0.0991 e. The molecule has 1 aromatic rings. The summed E-state index contributed by atoms with van der Waals surface area (Å²) < 4.78 is 0. The highest BCUT2D eigenvalue weighted by Gasteiger charge is 2.01. The fraction of sp³-hybridized carbons (Fsp3) is 0.533. The molecular formula is C15H22N2. The van der Waals surface area contributed by atoms with Gasteiger partial charge in [-0.25, -0.2) is 0 Å². The molecule has 0 heterocycles. The Kier molecular flexibility index (Phi) is 6.35. The van der Waals surface area contributed by atoms with Gasteiger partial charge in [0.2, 0.25) is 0 Å². The molecule has 1 unspecified atom stereocenters. The van der Waals surface area contributed by atoms with Crippen LogP contribution in [0.5, 0.6) is 0 Å². The highest BCUT2D eigenvalue weighted by Crippen LogP contribution is 2.06. The van der Waals surface area contributed by atoms with E-state index in [-0.39, 0.29) is 0 Å². The Labute approximate surface area is 105 Å². The molecule has 0 spiro atoms. The zero-order valence-electron chi connectivity index (χ0n) is 10.9. The standard InChI is InChI=1S/C15H22N2/c1-3-4-5-7-13(2)17-12-15-9-6-8-14(10-15)11-16/h6,8-10,13,17H,3-5,7,12H2,1-2H3. The van der Waals surface area contributed by atoms with E-state index in [4.69, 9.17) is 5.26 Å². The third-order valence-electron chi connectivity index (χ3n) is 2.95. The second kappa shape index (κ2) is 7.86. The first-order chi connectivity index (χ1) is 8.26. The van der Waals surface area contributed by atoms with Gasteiger partial charge in [-0.15, -0.1) is 0 Å². The van der Waals surface area contributed by atoms with E-state index >= 15 is 0 Å². The van der Waals surface area contributed by atoms with Crippen molar-refractivity contribution in [2.24, 2.45) is 0 Å². The van der Waals surface area contributed by atoms with Gasteiger partial charge in [0.1, 0.15) is 0 Å². The summed E-state index contributed by atoms with van der Waals surface area (Å²) >= 11 is 0. The number of nitrogens with one attached hydrogen (secondary N) is 1. The Morgan fingerprint density at radius 1 is 1.35 bits per heavy atom. The Morgan fingerprint density at radius 2 is 2.18 bits per heavy atom. The number of nitriles is 1. The molecule has 0 aliphatic rings. The molecule has 1 rings (SSSR count). The molecule has 0 saturated heterocycles. The van der Waals surface area contributed by atoms with Crippen molar-refractivity contribution in [2.75, 3.05) is 0 Å². The molecule has 92 valence electrons. The van der Waals surface area contributed by atoms with Crippen LogP contribution >= 0.6 is 0 Å². The quantitative estimate of drug-likeness (QED) is 0.726. The minimum Gasteiger partial charge on any atom is -0.310 e. The molecule has 2 nitrogen and oxygen atoms in total. The molecule has 1 aromatic carbocycles. The van der Waals surface area contributed by atoms with Crippen molar-refractivity contribution in [3.8, 4) is 6.07 Å². The van der Waals surface area contributed by atoms with Crippen LogP contribution in [-0.4, -0.2) is 6.04 Å². The summed E-state index contributed by atoms with van der Waals surface area (Å²) in [5.74, 6) is 0. The smallest absolute Gasteiger partial charge is 0.0991 e. The predicted octanol–water partition coefficient (Wildman–Crippen LogP) is 3.62. The lowest BCUT2D eigenvalue weighted by atomic mass is 10.1. The molecule has 17 heavy (non-hydrogen) atoms. The van der Waals surface area contributed by atoms with Crippen LogP contribution in [0.25, 0.3) is 0 Å². The predicted molar refractivity (Wildman–Crippen MR) is 71.6 cm³/mol. The van der Waals surface area contributed by atoms with Crippen molar-refractivity contribution < 1.29 is 0 Å². The molecule has 0 aliphatic heterocycles. The van der Waals surface area contributed by atoms with Gasteiger partial charge in [0.25, 0.3) is 0 Å². The van der Waals surface area contributed by atoms with E-state index in [1.165, 1.54) is 31.2 Å². The van der Waals surface area contributed by atoms with Crippen LogP contribution in [-0.2, 0) is 6.54 Å². The van der Waals surface area contributed by atoms with E-state index in [1.54, 1.807) is 0 Å². The lowest BCUT2D eigenvalue weighted by Gasteiger charge is -2.13. The van der Waals surface area contributed by atoms with E-state index in [9.17, 15) is 0 Å². The summed E-state index contributed by atoms with van der Waals surface area (Å²) in [4.78, 5) is 0. The van der Waals surface area contributed by atoms with Crippen molar-refractivity contribution in [1.82, 2.24) is 5.32 Å². The topological polar surface area (TPSA) is 35.8 Å². The maximum absolute atomic E-state index is 8.81. The van der Waals surface area contributed by atoms with Crippen LogP contribution in [0.15, 0.2) is 24.3 Å². The Bertz CT molecular complexity index is 365. The lowest BCUT2D eigenvalue weighted by Crippen LogP contribution is -2.25. The first-order valence-corrected chi connectivity index (χ1v) is 6.48. The van der Waals surface area contributed by atoms with Crippen LogP contribution in [0.4, 0.5) is 0 Å². The average molecular weight is 230 g/mol. The van der Waals surface area contributed by atoms with Crippen LogP contribution in [0, 0.1) is 11.3 Å². The largest absolute Gasteiger partial charge is 0.310 e. The SMILES string of the molecule is CCCCCC(C)NCc1cccc(C#N)c1. The minimum absolute atomic E-state index is 0.548. The van der Waals surface area contributed by atoms with Gasteiger partial charge < -0.3 is 5.32 Å². The van der Waals surface area contributed by atoms with Gasteiger partial charge in [-0.2, -0.15) is 5.26 Å². The van der Waals surface area contributed by atoms with E-state index in [0.29, 0.717) is 6.04 Å². The first-order valence-electron chi connectivity index (χ1n) is 6.48. The fourth-order valence-corrected chi connectivity index (χ4v) is 1.85. The summed E-state index contributed by atoms with van der Waals surface area (Å²) in [5.41, 5.74) is 1.93. The monoisotopic (exact) mass is 230 g/mol. The molecule has 0 aromatic heterocycles. The summed E-state index contributed by atoms with van der Waals surface area (Å²) in [5, 5.41) is 12.3. The number of hydrogen-bond acceptors (Lipinski definition) is 2. The van der Waals surface area contributed by atoms with E-state index < -0.39 is 0 Å². The van der Waals surface area contributed by atoms with Crippen molar-refractivity contribution in [1.29, 1.82) is 5.26 Å². The summed E-state index contributed by atoms with van der Waals surface area (Å²) in [7, 11) is 0. The average Bonchev–Trinajstić information content (AvgIpc) is 2.37. The van der Waals surface area contributed by atoms with Crippen LogP contribution in [0.3, 0.4) is 0 Å². The minimum atomic E-state index is 0.548. The fourth-order valence-electron chi connectivity index (χ4n) is 1.85. The number of rotatable bonds is 7. The van der Waals surface area contributed by atoms with Crippen LogP contribution in [0.1, 0.15) is 50.7 Å². The molecule has 0 bridgehead atoms. The zero-order chi connectivity index (χ0) is 12.5. The van der Waals surface area contributed by atoms with Crippen LogP contribution < -0.4 is 5.32 Å². The van der Waals surface area contributed by atoms with Gasteiger partial charge in [0.05, 0.1) is 11.6 Å². The van der Waals surface area contributed by atoms with Crippen molar-refractivity contribution in [3.05, 3.63) is 35.4 Å². The summed E-state index contributed by atoms with van der Waals surface area (Å²) in [6.45, 7) is 5.30. The van der Waals surface area contributed by atoms with Gasteiger partial charge in [-0.05, 0) is 31.0 Å². The molecular weight excluding hydrogens is 208 g/mol. The third-order valence-corrected chi connectivity index (χ3v) is 2.95. The van der Waals surface area contributed by atoms with Gasteiger partial charge in [-0.1, -0.05) is 38.3 Å². The van der Waals surface area contributed by atoms with Gasteiger partial charge in [0.15, 0.2) is 0 Å². The van der Waals surface area contributed by atoms with Crippen molar-refractivity contribution >= 4 is 0 Å². The molecule has 2 heteroatoms. The van der Waals surface area contributed by atoms with Gasteiger partial charge in [-0.3, -0.25) is 0 Å². The Morgan fingerprint density at radius 3 is 2.88 bits per heavy atom. The first kappa shape index (κ1) is 13.7. The van der Waals surface area contributed by atoms with Gasteiger partial charge in [0, 0.05) is 12.6 Å². The molecule has 0 fully saturated rings. The second-order valence-electron chi connectivity index (χ2n) is 4.59.